The first-order valence-electron chi connectivity index (χ1n) is 7.65. The van der Waals surface area contributed by atoms with Crippen LogP contribution in [0.4, 0.5) is 0 Å². The molecule has 1 saturated carbocycles. The van der Waals surface area contributed by atoms with E-state index in [9.17, 15) is 0 Å². The molecule has 2 aliphatic rings. The van der Waals surface area contributed by atoms with E-state index < -0.39 is 0 Å². The zero-order valence-corrected chi connectivity index (χ0v) is 15.0. The highest BCUT2D eigenvalue weighted by atomic mass is 79.9. The van der Waals surface area contributed by atoms with Gasteiger partial charge in [0.05, 0.1) is 4.32 Å². The molecule has 0 amide bonds. The van der Waals surface area contributed by atoms with Crippen molar-refractivity contribution >= 4 is 31.9 Å². The summed E-state index contributed by atoms with van der Waals surface area (Å²) in [4.78, 5) is 0.497. The Hall–Kier alpha value is -0.600. The summed E-state index contributed by atoms with van der Waals surface area (Å²) < 4.78 is 0.0506. The molecular formula is C19H17Br2. The van der Waals surface area contributed by atoms with E-state index in [1.165, 1.54) is 53.5 Å². The van der Waals surface area contributed by atoms with E-state index in [1.807, 2.05) is 0 Å². The largest absolute Gasteiger partial charge is 0.0872 e. The maximum atomic E-state index is 4.03. The third-order valence-electron chi connectivity index (χ3n) is 4.89. The van der Waals surface area contributed by atoms with Crippen LogP contribution in [-0.4, -0.2) is 4.83 Å². The molecule has 21 heavy (non-hydrogen) atoms. The second kappa shape index (κ2) is 5.24. The van der Waals surface area contributed by atoms with Crippen LogP contribution in [0, 0.1) is 6.07 Å². The van der Waals surface area contributed by atoms with Crippen molar-refractivity contribution in [3.63, 3.8) is 0 Å². The Labute approximate surface area is 143 Å². The van der Waals surface area contributed by atoms with Gasteiger partial charge in [-0.2, -0.15) is 0 Å². The Morgan fingerprint density at radius 1 is 1.05 bits per heavy atom. The number of fused-ring (bicyclic) bond motifs is 3. The van der Waals surface area contributed by atoms with Crippen LogP contribution >= 0.6 is 31.9 Å². The van der Waals surface area contributed by atoms with Crippen LogP contribution in [-0.2, 0) is 10.7 Å². The molecule has 0 aliphatic heterocycles. The van der Waals surface area contributed by atoms with Crippen molar-refractivity contribution in [2.24, 2.45) is 0 Å². The molecule has 2 unspecified atom stereocenters. The summed E-state index contributed by atoms with van der Waals surface area (Å²) in [5.41, 5.74) is 6.86. The molecule has 0 spiro atoms. The predicted octanol–water partition coefficient (Wildman–Crippen LogP) is 5.99. The lowest BCUT2D eigenvalue weighted by atomic mass is 9.82. The van der Waals surface area contributed by atoms with Crippen molar-refractivity contribution in [1.29, 1.82) is 0 Å². The third-order valence-corrected chi connectivity index (χ3v) is 8.12. The van der Waals surface area contributed by atoms with Crippen molar-refractivity contribution in [2.45, 2.75) is 41.3 Å². The third kappa shape index (κ3) is 2.22. The topological polar surface area (TPSA) is 0 Å². The maximum Gasteiger partial charge on any atom is 0.0636 e. The molecule has 0 bridgehead atoms. The molecule has 1 radical (unpaired) electrons. The number of alkyl halides is 2. The van der Waals surface area contributed by atoms with Crippen LogP contribution in [0.15, 0.2) is 36.4 Å². The Balaban J connectivity index is 1.76. The summed E-state index contributed by atoms with van der Waals surface area (Å²) in [5, 5.41) is 0. The molecule has 0 saturated heterocycles. The Morgan fingerprint density at radius 3 is 2.76 bits per heavy atom. The summed E-state index contributed by atoms with van der Waals surface area (Å²) in [5.74, 6) is 0. The lowest BCUT2D eigenvalue weighted by molar-refractivity contribution is 0.432. The molecule has 2 atom stereocenters. The van der Waals surface area contributed by atoms with Gasteiger partial charge in [0.2, 0.25) is 0 Å². The summed E-state index contributed by atoms with van der Waals surface area (Å²) >= 11 is 7.92. The Morgan fingerprint density at radius 2 is 1.90 bits per heavy atom. The Kier molecular flexibility index (Phi) is 3.50. The summed E-state index contributed by atoms with van der Waals surface area (Å²) in [6, 6.07) is 17.0. The zero-order valence-electron chi connectivity index (χ0n) is 11.8. The Bertz CT molecular complexity index is 692. The number of hydrogen-bond acceptors (Lipinski definition) is 0. The molecular weight excluding hydrogens is 388 g/mol. The fourth-order valence-corrected chi connectivity index (χ4v) is 5.24. The van der Waals surface area contributed by atoms with Crippen molar-refractivity contribution in [2.75, 3.05) is 0 Å². The second-order valence-corrected chi connectivity index (χ2v) is 8.69. The van der Waals surface area contributed by atoms with Gasteiger partial charge in [0, 0.05) is 4.83 Å². The SMILES string of the molecule is BrC1CCCCC1(Br)c1[c]c2c(cc1)-c1ccccc1C2. The van der Waals surface area contributed by atoms with E-state index in [0.29, 0.717) is 4.83 Å². The lowest BCUT2D eigenvalue weighted by Crippen LogP contribution is -2.32. The molecule has 107 valence electrons. The predicted molar refractivity (Wildman–Crippen MR) is 95.3 cm³/mol. The monoisotopic (exact) mass is 403 g/mol. The fourth-order valence-electron chi connectivity index (χ4n) is 3.70. The zero-order chi connectivity index (χ0) is 14.4. The molecule has 2 aromatic carbocycles. The minimum Gasteiger partial charge on any atom is -0.0872 e. The number of rotatable bonds is 1. The van der Waals surface area contributed by atoms with Crippen LogP contribution in [0.2, 0.25) is 0 Å². The standard InChI is InChI=1S/C19H17Br2/c20-18-7-3-4-10-19(18,21)15-8-9-17-14(12-15)11-13-5-1-2-6-16(13)17/h1-2,5-6,8-9,18H,3-4,7,10-11H2. The molecule has 0 heterocycles. The molecule has 1 fully saturated rings. The minimum atomic E-state index is 0.0506. The first-order valence-corrected chi connectivity index (χ1v) is 9.36. The molecule has 0 N–H and O–H groups in total. The van der Waals surface area contributed by atoms with Gasteiger partial charge in [-0.1, -0.05) is 81.1 Å². The van der Waals surface area contributed by atoms with Gasteiger partial charge < -0.3 is 0 Å². The molecule has 4 rings (SSSR count). The smallest absolute Gasteiger partial charge is 0.0636 e. The van der Waals surface area contributed by atoms with Gasteiger partial charge in [0.15, 0.2) is 0 Å². The van der Waals surface area contributed by atoms with Gasteiger partial charge in [0.25, 0.3) is 0 Å². The molecule has 2 aliphatic carbocycles. The van der Waals surface area contributed by atoms with Crippen LogP contribution in [0.3, 0.4) is 0 Å². The first-order chi connectivity index (χ1) is 10.2. The number of benzene rings is 2. The van der Waals surface area contributed by atoms with Crippen molar-refractivity contribution < 1.29 is 0 Å². The maximum absolute atomic E-state index is 4.03. The van der Waals surface area contributed by atoms with Crippen LogP contribution in [0.25, 0.3) is 11.1 Å². The quantitative estimate of drug-likeness (QED) is 0.437. The highest BCUT2D eigenvalue weighted by Gasteiger charge is 2.39. The number of hydrogen-bond donors (Lipinski definition) is 0. The average molecular weight is 405 g/mol. The van der Waals surface area contributed by atoms with Gasteiger partial charge in [-0.3, -0.25) is 0 Å². The van der Waals surface area contributed by atoms with Gasteiger partial charge in [-0.05, 0) is 53.1 Å². The van der Waals surface area contributed by atoms with E-state index in [-0.39, 0.29) is 4.32 Å². The normalized spacial score (nSPS) is 27.2. The molecule has 2 aromatic rings. The highest BCUT2D eigenvalue weighted by Crippen LogP contribution is 2.49. The van der Waals surface area contributed by atoms with Gasteiger partial charge in [0.1, 0.15) is 0 Å². The van der Waals surface area contributed by atoms with Gasteiger partial charge in [-0.15, -0.1) is 0 Å². The molecule has 0 aromatic heterocycles. The van der Waals surface area contributed by atoms with Crippen molar-refractivity contribution in [3.8, 4) is 11.1 Å². The van der Waals surface area contributed by atoms with Crippen molar-refractivity contribution in [1.82, 2.24) is 0 Å². The van der Waals surface area contributed by atoms with E-state index in [0.717, 1.165) is 6.42 Å². The van der Waals surface area contributed by atoms with Crippen LogP contribution < -0.4 is 0 Å². The van der Waals surface area contributed by atoms with Crippen LogP contribution in [0.5, 0.6) is 0 Å². The van der Waals surface area contributed by atoms with E-state index in [4.69, 9.17) is 0 Å². The average Bonchev–Trinajstić information content (AvgIpc) is 2.88. The summed E-state index contributed by atoms with van der Waals surface area (Å²) in [6.07, 6.45) is 6.05. The first kappa shape index (κ1) is 14.0. The molecule has 2 heteroatoms. The van der Waals surface area contributed by atoms with Crippen molar-refractivity contribution in [3.05, 3.63) is 59.2 Å². The van der Waals surface area contributed by atoms with Crippen LogP contribution in [0.1, 0.15) is 42.4 Å². The van der Waals surface area contributed by atoms with E-state index in [1.54, 1.807) is 0 Å². The molecule has 0 nitrogen and oxygen atoms in total. The summed E-state index contributed by atoms with van der Waals surface area (Å²) in [6.45, 7) is 0. The fraction of sp³-hybridized carbons (Fsp3) is 0.368. The van der Waals surface area contributed by atoms with E-state index >= 15 is 0 Å². The number of halogens is 2. The highest BCUT2D eigenvalue weighted by molar-refractivity contribution is 9.12. The van der Waals surface area contributed by atoms with E-state index in [2.05, 4.69) is 74.3 Å². The van der Waals surface area contributed by atoms with Gasteiger partial charge >= 0.3 is 0 Å². The minimum absolute atomic E-state index is 0.0506. The summed E-state index contributed by atoms with van der Waals surface area (Å²) in [7, 11) is 0. The lowest BCUT2D eigenvalue weighted by Gasteiger charge is -2.37. The second-order valence-electron chi connectivity index (χ2n) is 6.17. The van der Waals surface area contributed by atoms with Gasteiger partial charge in [-0.25, -0.2) is 0 Å².